The summed E-state index contributed by atoms with van der Waals surface area (Å²) in [5.74, 6) is -0.0935. The number of halogens is 1. The van der Waals surface area contributed by atoms with Gasteiger partial charge in [-0.15, -0.1) is 0 Å². The molecule has 0 radical (unpaired) electrons. The Balaban J connectivity index is 1.82. The highest BCUT2D eigenvalue weighted by Crippen LogP contribution is 2.22. The highest BCUT2D eigenvalue weighted by atomic mass is 19.1. The van der Waals surface area contributed by atoms with E-state index in [4.69, 9.17) is 4.74 Å². The Hall–Kier alpha value is -3.16. The standard InChI is InChI=1S/C18H20FN3O4/c1-20-18(23)16-12-14(22(24)25)6-9-17(16)21-10-2-3-11-26-15-7-4-13(19)5-8-15/h4-9,12,21H,2-3,10-11H2,1H3,(H,20,23). The number of amides is 1. The predicted molar refractivity (Wildman–Crippen MR) is 96.1 cm³/mol. The maximum Gasteiger partial charge on any atom is 0.270 e. The molecule has 26 heavy (non-hydrogen) atoms. The van der Waals surface area contributed by atoms with Crippen molar-refractivity contribution in [3.05, 3.63) is 64.0 Å². The van der Waals surface area contributed by atoms with Gasteiger partial charge in [-0.3, -0.25) is 14.9 Å². The maximum atomic E-state index is 12.8. The fraction of sp³-hybridized carbons (Fsp3) is 0.278. The van der Waals surface area contributed by atoms with E-state index in [9.17, 15) is 19.3 Å². The van der Waals surface area contributed by atoms with Crippen LogP contribution in [-0.4, -0.2) is 31.0 Å². The van der Waals surface area contributed by atoms with Crippen LogP contribution in [-0.2, 0) is 0 Å². The van der Waals surface area contributed by atoms with Crippen LogP contribution in [0.5, 0.6) is 5.75 Å². The average Bonchev–Trinajstić information content (AvgIpc) is 2.65. The van der Waals surface area contributed by atoms with Crippen LogP contribution in [0.25, 0.3) is 0 Å². The Morgan fingerprint density at radius 2 is 1.92 bits per heavy atom. The van der Waals surface area contributed by atoms with E-state index in [1.807, 2.05) is 0 Å². The van der Waals surface area contributed by atoms with Crippen LogP contribution in [0.15, 0.2) is 42.5 Å². The molecule has 0 heterocycles. The van der Waals surface area contributed by atoms with Crippen molar-refractivity contribution < 1.29 is 18.8 Å². The minimum Gasteiger partial charge on any atom is -0.494 e. The quantitative estimate of drug-likeness (QED) is 0.406. The number of benzene rings is 2. The van der Waals surface area contributed by atoms with Gasteiger partial charge in [-0.2, -0.15) is 0 Å². The van der Waals surface area contributed by atoms with E-state index in [1.54, 1.807) is 12.1 Å². The summed E-state index contributed by atoms with van der Waals surface area (Å²) in [5.41, 5.74) is 0.625. The minimum absolute atomic E-state index is 0.137. The normalized spacial score (nSPS) is 10.2. The number of non-ortho nitro benzene ring substituents is 1. The van der Waals surface area contributed by atoms with Gasteiger partial charge in [0.05, 0.1) is 17.1 Å². The molecule has 0 atom stereocenters. The predicted octanol–water partition coefficient (Wildman–Crippen LogP) is 3.36. The molecule has 0 fully saturated rings. The Bertz CT molecular complexity index is 766. The monoisotopic (exact) mass is 361 g/mol. The van der Waals surface area contributed by atoms with Crippen LogP contribution in [0.1, 0.15) is 23.2 Å². The summed E-state index contributed by atoms with van der Waals surface area (Å²) in [6.07, 6.45) is 1.53. The highest BCUT2D eigenvalue weighted by Gasteiger charge is 2.15. The molecule has 0 aliphatic carbocycles. The molecule has 0 bridgehead atoms. The van der Waals surface area contributed by atoms with Gasteiger partial charge in [-0.05, 0) is 43.2 Å². The first-order valence-corrected chi connectivity index (χ1v) is 8.14. The van der Waals surface area contributed by atoms with Crippen LogP contribution in [0.2, 0.25) is 0 Å². The maximum absolute atomic E-state index is 12.8. The van der Waals surface area contributed by atoms with Crippen molar-refractivity contribution in [2.45, 2.75) is 12.8 Å². The number of ether oxygens (including phenoxy) is 1. The molecule has 138 valence electrons. The van der Waals surface area contributed by atoms with Gasteiger partial charge in [0.1, 0.15) is 11.6 Å². The van der Waals surface area contributed by atoms with Crippen LogP contribution in [0.3, 0.4) is 0 Å². The molecule has 0 saturated heterocycles. The SMILES string of the molecule is CNC(=O)c1cc([N+](=O)[O-])ccc1NCCCCOc1ccc(F)cc1. The van der Waals surface area contributed by atoms with Gasteiger partial charge in [0.25, 0.3) is 11.6 Å². The van der Waals surface area contributed by atoms with Gasteiger partial charge in [-0.25, -0.2) is 4.39 Å². The highest BCUT2D eigenvalue weighted by molar-refractivity contribution is 6.00. The number of nitrogens with zero attached hydrogens (tertiary/aromatic N) is 1. The fourth-order valence-corrected chi connectivity index (χ4v) is 2.29. The fourth-order valence-electron chi connectivity index (χ4n) is 2.29. The van der Waals surface area contributed by atoms with Gasteiger partial charge in [0, 0.05) is 31.4 Å². The molecule has 1 amide bonds. The van der Waals surface area contributed by atoms with Gasteiger partial charge >= 0.3 is 0 Å². The van der Waals surface area contributed by atoms with E-state index in [-0.39, 0.29) is 17.1 Å². The van der Waals surface area contributed by atoms with E-state index < -0.39 is 10.8 Å². The molecule has 0 aliphatic rings. The Morgan fingerprint density at radius 3 is 2.58 bits per heavy atom. The van der Waals surface area contributed by atoms with Crippen molar-refractivity contribution >= 4 is 17.3 Å². The van der Waals surface area contributed by atoms with Gasteiger partial charge in [-0.1, -0.05) is 0 Å². The third-order valence-electron chi connectivity index (χ3n) is 3.65. The Kier molecular flexibility index (Phi) is 6.90. The number of carbonyl (C=O) groups excluding carboxylic acids is 1. The van der Waals surface area contributed by atoms with Crippen molar-refractivity contribution in [1.29, 1.82) is 0 Å². The van der Waals surface area contributed by atoms with Crippen molar-refractivity contribution in [2.75, 3.05) is 25.5 Å². The lowest BCUT2D eigenvalue weighted by Gasteiger charge is -2.11. The Morgan fingerprint density at radius 1 is 1.19 bits per heavy atom. The number of anilines is 1. The second-order valence-electron chi connectivity index (χ2n) is 5.50. The van der Waals surface area contributed by atoms with Gasteiger partial charge < -0.3 is 15.4 Å². The molecule has 2 N–H and O–H groups in total. The molecule has 0 spiro atoms. The largest absolute Gasteiger partial charge is 0.494 e. The number of hydrogen-bond acceptors (Lipinski definition) is 5. The number of nitrogens with one attached hydrogen (secondary N) is 2. The average molecular weight is 361 g/mol. The van der Waals surface area contributed by atoms with E-state index in [2.05, 4.69) is 10.6 Å². The van der Waals surface area contributed by atoms with Gasteiger partial charge in [0.2, 0.25) is 0 Å². The molecular formula is C18H20FN3O4. The Labute approximate surface area is 150 Å². The molecular weight excluding hydrogens is 341 g/mol. The van der Waals surface area contributed by atoms with Crippen LogP contribution >= 0.6 is 0 Å². The summed E-state index contributed by atoms with van der Waals surface area (Å²) in [4.78, 5) is 22.2. The second-order valence-corrected chi connectivity index (χ2v) is 5.50. The third kappa shape index (κ3) is 5.44. The first-order chi connectivity index (χ1) is 12.5. The smallest absolute Gasteiger partial charge is 0.270 e. The van der Waals surface area contributed by atoms with Crippen LogP contribution < -0.4 is 15.4 Å². The number of nitro benzene ring substituents is 1. The number of unbranched alkanes of at least 4 members (excludes halogenated alkanes) is 1. The van der Waals surface area contributed by atoms with Crippen molar-refractivity contribution in [2.24, 2.45) is 0 Å². The topological polar surface area (TPSA) is 93.5 Å². The van der Waals surface area contributed by atoms with E-state index in [0.717, 1.165) is 12.8 Å². The summed E-state index contributed by atoms with van der Waals surface area (Å²) in [6.45, 7) is 1.06. The van der Waals surface area contributed by atoms with Crippen molar-refractivity contribution in [1.82, 2.24) is 5.32 Å². The van der Waals surface area contributed by atoms with E-state index in [0.29, 0.717) is 24.6 Å². The molecule has 0 aliphatic heterocycles. The minimum atomic E-state index is -0.539. The lowest BCUT2D eigenvalue weighted by atomic mass is 10.1. The van der Waals surface area contributed by atoms with E-state index in [1.165, 1.54) is 37.4 Å². The van der Waals surface area contributed by atoms with Crippen LogP contribution in [0, 0.1) is 15.9 Å². The van der Waals surface area contributed by atoms with Gasteiger partial charge in [0.15, 0.2) is 0 Å². The summed E-state index contributed by atoms with van der Waals surface area (Å²) in [7, 11) is 1.47. The second kappa shape index (κ2) is 9.36. The molecule has 2 aromatic carbocycles. The molecule has 7 nitrogen and oxygen atoms in total. The summed E-state index contributed by atoms with van der Waals surface area (Å²) in [6, 6.07) is 9.95. The summed E-state index contributed by atoms with van der Waals surface area (Å²) < 4.78 is 18.3. The summed E-state index contributed by atoms with van der Waals surface area (Å²) >= 11 is 0. The molecule has 0 saturated carbocycles. The lowest BCUT2D eigenvalue weighted by molar-refractivity contribution is -0.384. The number of rotatable bonds is 9. The van der Waals surface area contributed by atoms with Crippen molar-refractivity contribution in [3.8, 4) is 5.75 Å². The first kappa shape index (κ1) is 19.2. The number of nitro groups is 1. The number of hydrogen-bond donors (Lipinski definition) is 2. The van der Waals surface area contributed by atoms with Crippen LogP contribution in [0.4, 0.5) is 15.8 Å². The molecule has 8 heteroatoms. The zero-order valence-corrected chi connectivity index (χ0v) is 14.3. The molecule has 2 aromatic rings. The zero-order valence-electron chi connectivity index (χ0n) is 14.3. The lowest BCUT2D eigenvalue weighted by Crippen LogP contribution is -2.20. The van der Waals surface area contributed by atoms with Crippen molar-refractivity contribution in [3.63, 3.8) is 0 Å². The molecule has 0 aromatic heterocycles. The molecule has 0 unspecified atom stereocenters. The van der Waals surface area contributed by atoms with E-state index >= 15 is 0 Å². The summed E-state index contributed by atoms with van der Waals surface area (Å²) in [5, 5.41) is 16.4. The zero-order chi connectivity index (χ0) is 18.9. The number of carbonyl (C=O) groups is 1. The molecule has 2 rings (SSSR count). The third-order valence-corrected chi connectivity index (χ3v) is 3.65. The first-order valence-electron chi connectivity index (χ1n) is 8.14.